The number of amides is 1. The van der Waals surface area contributed by atoms with Gasteiger partial charge in [-0.3, -0.25) is 4.79 Å². The lowest BCUT2D eigenvalue weighted by Gasteiger charge is -2.40. The fourth-order valence-electron chi connectivity index (χ4n) is 3.54. The Kier molecular flexibility index (Phi) is 4.34. The van der Waals surface area contributed by atoms with Crippen LogP contribution in [0.1, 0.15) is 17.3 Å². The van der Waals surface area contributed by atoms with Gasteiger partial charge in [-0.2, -0.15) is 0 Å². The molecule has 2 aromatic carbocycles. The van der Waals surface area contributed by atoms with E-state index in [-0.39, 0.29) is 23.0 Å². The van der Waals surface area contributed by atoms with Crippen LogP contribution in [0, 0.1) is 5.82 Å². The number of imidazole rings is 1. The number of hydrogen-bond acceptors (Lipinski definition) is 6. The minimum atomic E-state index is -1.02. The molecule has 0 radical (unpaired) electrons. The number of halogens is 1. The number of aromatic hydroxyl groups is 2. The van der Waals surface area contributed by atoms with Crippen molar-refractivity contribution in [1.82, 2.24) is 14.9 Å². The van der Waals surface area contributed by atoms with Gasteiger partial charge in [0.1, 0.15) is 5.82 Å². The van der Waals surface area contributed by atoms with E-state index in [9.17, 15) is 19.4 Å². The average molecular weight is 401 g/mol. The number of fused-ring (bicyclic) bond motifs is 1. The maximum Gasteiger partial charge on any atom is 0.251 e. The lowest BCUT2D eigenvalue weighted by Crippen LogP contribution is -2.49. The Hall–Kier alpha value is -3.33. The summed E-state index contributed by atoms with van der Waals surface area (Å²) in [7, 11) is 2.84. The minimum absolute atomic E-state index is 0.0389. The summed E-state index contributed by atoms with van der Waals surface area (Å²) < 4.78 is 27.2. The van der Waals surface area contributed by atoms with Gasteiger partial charge >= 0.3 is 0 Å². The summed E-state index contributed by atoms with van der Waals surface area (Å²) in [5, 5.41) is 22.5. The Bertz CT molecular complexity index is 1140. The quantitative estimate of drug-likeness (QED) is 0.580. The zero-order valence-corrected chi connectivity index (χ0v) is 16.1. The number of hydrogen-bond donors (Lipinski definition) is 3. The molecule has 8 nitrogen and oxygen atoms in total. The number of nitrogens with one attached hydrogen (secondary N) is 1. The molecule has 2 heterocycles. The van der Waals surface area contributed by atoms with Gasteiger partial charge in [0.25, 0.3) is 5.91 Å². The van der Waals surface area contributed by atoms with Crippen LogP contribution in [0.4, 0.5) is 4.39 Å². The van der Waals surface area contributed by atoms with E-state index in [4.69, 9.17) is 9.47 Å². The van der Waals surface area contributed by atoms with Crippen LogP contribution < -0.4 is 10.1 Å². The van der Waals surface area contributed by atoms with Crippen molar-refractivity contribution >= 4 is 16.9 Å². The molecular formula is C20H20FN3O5. The molecule has 3 N–H and O–H groups in total. The number of carbonyl (C=O) groups is 1. The van der Waals surface area contributed by atoms with Gasteiger partial charge in [0, 0.05) is 12.6 Å². The van der Waals surface area contributed by atoms with Crippen molar-refractivity contribution in [3.63, 3.8) is 0 Å². The summed E-state index contributed by atoms with van der Waals surface area (Å²) in [6, 6.07) is 6.28. The first-order valence-corrected chi connectivity index (χ1v) is 8.92. The van der Waals surface area contributed by atoms with E-state index in [2.05, 4.69) is 10.3 Å². The Labute approximate surface area is 165 Å². The maximum absolute atomic E-state index is 14.9. The number of methoxy groups -OCH3 is 1. The number of nitrogens with zero attached hydrogens (tertiary/aromatic N) is 2. The normalized spacial score (nSPS) is 15.2. The van der Waals surface area contributed by atoms with E-state index in [1.54, 1.807) is 22.8 Å². The highest BCUT2D eigenvalue weighted by atomic mass is 19.1. The van der Waals surface area contributed by atoms with Gasteiger partial charge < -0.3 is 29.6 Å². The third-order valence-corrected chi connectivity index (χ3v) is 5.15. The van der Waals surface area contributed by atoms with Gasteiger partial charge in [-0.1, -0.05) is 0 Å². The molecule has 3 aromatic rings. The highest BCUT2D eigenvalue weighted by molar-refractivity contribution is 5.98. The zero-order valence-electron chi connectivity index (χ0n) is 16.1. The van der Waals surface area contributed by atoms with Gasteiger partial charge in [-0.15, -0.1) is 0 Å². The molecule has 0 atom stereocenters. The molecule has 0 bridgehead atoms. The lowest BCUT2D eigenvalue weighted by atomic mass is 9.98. The Morgan fingerprint density at radius 2 is 2.03 bits per heavy atom. The van der Waals surface area contributed by atoms with E-state index in [1.165, 1.54) is 20.2 Å². The second-order valence-corrected chi connectivity index (χ2v) is 7.18. The summed E-state index contributed by atoms with van der Waals surface area (Å²) in [6.45, 7) is 2.68. The van der Waals surface area contributed by atoms with Crippen molar-refractivity contribution in [1.29, 1.82) is 0 Å². The first-order chi connectivity index (χ1) is 13.8. The third kappa shape index (κ3) is 2.77. The first-order valence-electron chi connectivity index (χ1n) is 8.92. The van der Waals surface area contributed by atoms with Crippen molar-refractivity contribution in [2.45, 2.75) is 12.5 Å². The predicted molar refractivity (Wildman–Crippen MR) is 103 cm³/mol. The summed E-state index contributed by atoms with van der Waals surface area (Å²) in [6.07, 6.45) is 0. The van der Waals surface area contributed by atoms with Crippen LogP contribution in [0.3, 0.4) is 0 Å². The van der Waals surface area contributed by atoms with Crippen LogP contribution in [-0.4, -0.2) is 53.0 Å². The molecule has 9 heteroatoms. The standard InChI is InChI=1S/C20H20FN3O5/c1-20(8-29-9-20)24-13-6-10(19(27)22-2)4-5-12(13)23-18(24)11-7-14(28-3)16(25)17(26)15(11)21/h4-7,25-26H,8-9H2,1-3H3,(H,22,27). The van der Waals surface area contributed by atoms with Crippen molar-refractivity contribution in [3.05, 3.63) is 35.6 Å². The number of phenolic OH excluding ortho intramolecular Hbond substituents is 2. The molecule has 1 aliphatic rings. The Morgan fingerprint density at radius 1 is 1.31 bits per heavy atom. The summed E-state index contributed by atoms with van der Waals surface area (Å²) in [5.41, 5.74) is 1.04. The van der Waals surface area contributed by atoms with E-state index < -0.39 is 22.9 Å². The molecule has 0 saturated carbocycles. The van der Waals surface area contributed by atoms with Crippen molar-refractivity contribution < 1.29 is 28.9 Å². The van der Waals surface area contributed by atoms with E-state index in [0.717, 1.165) is 0 Å². The number of phenols is 2. The molecule has 1 aliphatic heterocycles. The van der Waals surface area contributed by atoms with Crippen LogP contribution in [0.5, 0.6) is 17.2 Å². The van der Waals surface area contributed by atoms with Gasteiger partial charge in [0.15, 0.2) is 17.3 Å². The van der Waals surface area contributed by atoms with E-state index in [0.29, 0.717) is 29.8 Å². The number of rotatable bonds is 4. The largest absolute Gasteiger partial charge is 0.502 e. The molecule has 0 unspecified atom stereocenters. The molecule has 4 rings (SSSR count). The zero-order chi connectivity index (χ0) is 20.9. The van der Waals surface area contributed by atoms with E-state index >= 15 is 0 Å². The number of benzene rings is 2. The summed E-state index contributed by atoms with van der Waals surface area (Å²) >= 11 is 0. The Morgan fingerprint density at radius 3 is 2.62 bits per heavy atom. The molecule has 1 aromatic heterocycles. The summed E-state index contributed by atoms with van der Waals surface area (Å²) in [4.78, 5) is 16.6. The van der Waals surface area contributed by atoms with Crippen LogP contribution in [-0.2, 0) is 10.3 Å². The average Bonchev–Trinajstić information content (AvgIpc) is 3.08. The van der Waals surface area contributed by atoms with Crippen LogP contribution in [0.25, 0.3) is 22.4 Å². The van der Waals surface area contributed by atoms with Gasteiger partial charge in [0.05, 0.1) is 42.5 Å². The fraction of sp³-hybridized carbons (Fsp3) is 0.300. The van der Waals surface area contributed by atoms with E-state index in [1.807, 2.05) is 6.92 Å². The molecule has 0 aliphatic carbocycles. The number of ether oxygens (including phenoxy) is 2. The lowest BCUT2D eigenvalue weighted by molar-refractivity contribution is -0.0868. The monoisotopic (exact) mass is 401 g/mol. The number of carbonyl (C=O) groups excluding carboxylic acids is 1. The van der Waals surface area contributed by atoms with Crippen LogP contribution in [0.2, 0.25) is 0 Å². The second kappa shape index (κ2) is 6.63. The highest BCUT2D eigenvalue weighted by Gasteiger charge is 2.39. The topological polar surface area (TPSA) is 106 Å². The predicted octanol–water partition coefficient (Wildman–Crippen LogP) is 2.37. The van der Waals surface area contributed by atoms with Gasteiger partial charge in [0.2, 0.25) is 5.75 Å². The molecule has 1 fully saturated rings. The fourth-order valence-corrected chi connectivity index (χ4v) is 3.54. The molecule has 1 amide bonds. The minimum Gasteiger partial charge on any atom is -0.502 e. The smallest absolute Gasteiger partial charge is 0.251 e. The highest BCUT2D eigenvalue weighted by Crippen LogP contribution is 2.44. The second-order valence-electron chi connectivity index (χ2n) is 7.18. The molecule has 1 saturated heterocycles. The molecular weight excluding hydrogens is 381 g/mol. The number of aromatic nitrogens is 2. The maximum atomic E-state index is 14.9. The van der Waals surface area contributed by atoms with Crippen molar-refractivity contribution in [3.8, 4) is 28.6 Å². The van der Waals surface area contributed by atoms with Crippen LogP contribution >= 0.6 is 0 Å². The summed E-state index contributed by atoms with van der Waals surface area (Å²) in [5.74, 6) is -2.73. The molecule has 152 valence electrons. The van der Waals surface area contributed by atoms with Gasteiger partial charge in [-0.05, 0) is 31.2 Å². The van der Waals surface area contributed by atoms with Crippen LogP contribution in [0.15, 0.2) is 24.3 Å². The Balaban J connectivity index is 2.04. The van der Waals surface area contributed by atoms with Crippen molar-refractivity contribution in [2.75, 3.05) is 27.4 Å². The first kappa shape index (κ1) is 19.0. The van der Waals surface area contributed by atoms with Gasteiger partial charge in [-0.25, -0.2) is 9.37 Å². The SMILES string of the molecule is CNC(=O)c1ccc2nc(-c3cc(OC)c(O)c(O)c3F)n(C3(C)COC3)c2c1. The van der Waals surface area contributed by atoms with Crippen molar-refractivity contribution in [2.24, 2.45) is 0 Å². The third-order valence-electron chi connectivity index (χ3n) is 5.15. The molecule has 0 spiro atoms. The molecule has 29 heavy (non-hydrogen) atoms.